The number of aromatic nitrogens is 1. The first-order chi connectivity index (χ1) is 12.6. The van der Waals surface area contributed by atoms with Crippen LogP contribution in [0.25, 0.3) is 0 Å². The summed E-state index contributed by atoms with van der Waals surface area (Å²) in [5, 5.41) is 2.77. The molecule has 27 heavy (non-hydrogen) atoms. The first-order valence-electron chi connectivity index (χ1n) is 8.68. The molecule has 2 N–H and O–H groups in total. The summed E-state index contributed by atoms with van der Waals surface area (Å²) in [4.78, 5) is 27.3. The lowest BCUT2D eigenvalue weighted by molar-refractivity contribution is 0.0950. The molecule has 1 aromatic carbocycles. The summed E-state index contributed by atoms with van der Waals surface area (Å²) in [6.07, 6.45) is 1.74. The second kappa shape index (κ2) is 6.84. The van der Waals surface area contributed by atoms with Gasteiger partial charge in [-0.3, -0.25) is 13.9 Å². The van der Waals surface area contributed by atoms with E-state index in [1.54, 1.807) is 18.2 Å². The van der Waals surface area contributed by atoms with Crippen LogP contribution in [-0.2, 0) is 23.0 Å². The zero-order valence-corrected chi connectivity index (χ0v) is 16.6. The Kier molecular flexibility index (Phi) is 4.86. The van der Waals surface area contributed by atoms with Gasteiger partial charge in [0.15, 0.2) is 0 Å². The van der Waals surface area contributed by atoms with Gasteiger partial charge in [0.05, 0.1) is 11.9 Å². The number of carbonyl (C=O) groups is 1. The Labute approximate surface area is 158 Å². The number of H-pyrrole nitrogens is 1. The molecule has 1 aliphatic rings. The predicted octanol–water partition coefficient (Wildman–Crippen LogP) is 1.63. The second-order valence-corrected chi connectivity index (χ2v) is 8.94. The normalized spacial score (nSPS) is 16.3. The van der Waals surface area contributed by atoms with E-state index in [-0.39, 0.29) is 24.1 Å². The minimum absolute atomic E-state index is 0.128. The fourth-order valence-corrected chi connectivity index (χ4v) is 4.89. The van der Waals surface area contributed by atoms with E-state index < -0.39 is 10.0 Å². The first kappa shape index (κ1) is 19.2. The molecule has 8 heteroatoms. The first-order valence-corrected chi connectivity index (χ1v) is 10.5. The molecular weight excluding hydrogens is 366 g/mol. The third-order valence-corrected chi connectivity index (χ3v) is 6.04. The molecule has 1 aromatic heterocycles. The van der Waals surface area contributed by atoms with Crippen molar-refractivity contribution in [1.29, 1.82) is 0 Å². The second-order valence-electron chi connectivity index (χ2n) is 7.08. The molecule has 3 rings (SSSR count). The number of anilines is 1. The van der Waals surface area contributed by atoms with Gasteiger partial charge < -0.3 is 10.3 Å². The van der Waals surface area contributed by atoms with Gasteiger partial charge in [0.2, 0.25) is 10.0 Å². The number of carbonyl (C=O) groups excluding carboxylic acids is 1. The van der Waals surface area contributed by atoms with E-state index in [0.717, 1.165) is 16.8 Å². The van der Waals surface area contributed by atoms with Crippen LogP contribution in [0.1, 0.15) is 39.7 Å². The molecule has 0 radical (unpaired) electrons. The molecule has 2 aromatic rings. The molecule has 7 nitrogen and oxygen atoms in total. The largest absolute Gasteiger partial charge is 0.348 e. The van der Waals surface area contributed by atoms with E-state index in [1.807, 2.05) is 26.8 Å². The van der Waals surface area contributed by atoms with Crippen molar-refractivity contribution in [2.24, 2.45) is 0 Å². The number of nitrogens with zero attached hydrogens (tertiary/aromatic N) is 1. The molecule has 0 unspecified atom stereocenters. The van der Waals surface area contributed by atoms with Crippen molar-refractivity contribution in [3.8, 4) is 0 Å². The molecule has 0 fully saturated rings. The van der Waals surface area contributed by atoms with E-state index >= 15 is 0 Å². The summed E-state index contributed by atoms with van der Waals surface area (Å²) in [6, 6.07) is 6.68. The van der Waals surface area contributed by atoms with Gasteiger partial charge in [0.1, 0.15) is 0 Å². The van der Waals surface area contributed by atoms with E-state index in [4.69, 9.17) is 0 Å². The van der Waals surface area contributed by atoms with Gasteiger partial charge >= 0.3 is 0 Å². The number of nitrogens with one attached hydrogen (secondary N) is 2. The maximum Gasteiger partial charge on any atom is 0.253 e. The molecule has 0 aliphatic carbocycles. The molecule has 144 valence electrons. The number of sulfonamides is 1. The number of hydrogen-bond acceptors (Lipinski definition) is 4. The van der Waals surface area contributed by atoms with Gasteiger partial charge in [0, 0.05) is 29.4 Å². The van der Waals surface area contributed by atoms with Crippen LogP contribution < -0.4 is 15.2 Å². The molecule has 0 saturated carbocycles. The molecule has 1 amide bonds. The Hall–Kier alpha value is -2.61. The minimum atomic E-state index is -3.36. The van der Waals surface area contributed by atoms with Gasteiger partial charge in [-0.2, -0.15) is 0 Å². The molecule has 1 aliphatic heterocycles. The van der Waals surface area contributed by atoms with E-state index in [0.29, 0.717) is 23.2 Å². The molecule has 0 spiro atoms. The SMILES string of the molecule is Cc1cc(C)c(CNC(=O)c2ccc3c(c2)C[C@H](C)N3S(C)(=O)=O)c(=O)[nH]1. The maximum absolute atomic E-state index is 12.5. The Balaban J connectivity index is 1.80. The van der Waals surface area contributed by atoms with E-state index in [2.05, 4.69) is 10.3 Å². The summed E-state index contributed by atoms with van der Waals surface area (Å²) in [5.41, 5.74) is 3.79. The van der Waals surface area contributed by atoms with Crippen molar-refractivity contribution in [3.05, 3.63) is 62.6 Å². The monoisotopic (exact) mass is 389 g/mol. The van der Waals surface area contributed by atoms with Gasteiger partial charge in [-0.1, -0.05) is 0 Å². The molecule has 1 atom stereocenters. The van der Waals surface area contributed by atoms with Crippen LogP contribution in [-0.4, -0.2) is 31.6 Å². The quantitative estimate of drug-likeness (QED) is 0.830. The van der Waals surface area contributed by atoms with Crippen molar-refractivity contribution in [2.75, 3.05) is 10.6 Å². The fraction of sp³-hybridized carbons (Fsp3) is 0.368. The van der Waals surface area contributed by atoms with Gasteiger partial charge in [-0.25, -0.2) is 8.42 Å². The zero-order valence-electron chi connectivity index (χ0n) is 15.8. The predicted molar refractivity (Wildman–Crippen MR) is 105 cm³/mol. The van der Waals surface area contributed by atoms with Gasteiger partial charge in [-0.15, -0.1) is 0 Å². The summed E-state index contributed by atoms with van der Waals surface area (Å²) < 4.78 is 25.4. The smallest absolute Gasteiger partial charge is 0.253 e. The van der Waals surface area contributed by atoms with Crippen LogP contribution in [0.4, 0.5) is 5.69 Å². The van der Waals surface area contributed by atoms with Crippen molar-refractivity contribution in [3.63, 3.8) is 0 Å². The van der Waals surface area contributed by atoms with Crippen molar-refractivity contribution in [2.45, 2.75) is 39.8 Å². The Bertz CT molecular complexity index is 1070. The number of pyridine rings is 1. The highest BCUT2D eigenvalue weighted by molar-refractivity contribution is 7.92. The Morgan fingerprint density at radius 1 is 1.30 bits per heavy atom. The van der Waals surface area contributed by atoms with Gasteiger partial charge in [0.25, 0.3) is 11.5 Å². The van der Waals surface area contributed by atoms with Crippen molar-refractivity contribution >= 4 is 21.6 Å². The fourth-order valence-electron chi connectivity index (χ4n) is 3.62. The van der Waals surface area contributed by atoms with Crippen LogP contribution in [0.3, 0.4) is 0 Å². The highest BCUT2D eigenvalue weighted by Gasteiger charge is 2.32. The van der Waals surface area contributed by atoms with E-state index in [1.165, 1.54) is 10.6 Å². The lowest BCUT2D eigenvalue weighted by Gasteiger charge is -2.21. The van der Waals surface area contributed by atoms with Crippen molar-refractivity contribution < 1.29 is 13.2 Å². The van der Waals surface area contributed by atoms with Crippen LogP contribution in [0.15, 0.2) is 29.1 Å². The highest BCUT2D eigenvalue weighted by atomic mass is 32.2. The minimum Gasteiger partial charge on any atom is -0.348 e. The lowest BCUT2D eigenvalue weighted by atomic mass is 10.1. The molecule has 2 heterocycles. The zero-order chi connectivity index (χ0) is 19.9. The topological polar surface area (TPSA) is 99.3 Å². The summed E-state index contributed by atoms with van der Waals surface area (Å²) in [6.45, 7) is 5.61. The Morgan fingerprint density at radius 2 is 2.00 bits per heavy atom. The molecule has 0 saturated heterocycles. The van der Waals surface area contributed by atoms with Crippen LogP contribution in [0.2, 0.25) is 0 Å². The number of aryl methyl sites for hydroxylation is 2. The van der Waals surface area contributed by atoms with Crippen LogP contribution in [0, 0.1) is 13.8 Å². The number of amides is 1. The lowest BCUT2D eigenvalue weighted by Crippen LogP contribution is -2.34. The Morgan fingerprint density at radius 3 is 2.63 bits per heavy atom. The number of rotatable bonds is 4. The summed E-state index contributed by atoms with van der Waals surface area (Å²) in [5.74, 6) is -0.303. The van der Waals surface area contributed by atoms with Crippen molar-refractivity contribution in [1.82, 2.24) is 10.3 Å². The highest BCUT2D eigenvalue weighted by Crippen LogP contribution is 2.34. The van der Waals surface area contributed by atoms with Crippen LogP contribution >= 0.6 is 0 Å². The maximum atomic E-state index is 12.5. The molecule has 0 bridgehead atoms. The number of benzene rings is 1. The summed E-state index contributed by atoms with van der Waals surface area (Å²) in [7, 11) is -3.36. The number of hydrogen-bond donors (Lipinski definition) is 2. The third kappa shape index (κ3) is 3.75. The van der Waals surface area contributed by atoms with Crippen LogP contribution in [0.5, 0.6) is 0 Å². The summed E-state index contributed by atoms with van der Waals surface area (Å²) >= 11 is 0. The average molecular weight is 389 g/mol. The molecular formula is C19H23N3O4S. The average Bonchev–Trinajstić information content (AvgIpc) is 2.88. The standard InChI is InChI=1S/C19H23N3O4S/c1-11-7-12(2)21-19(24)16(11)10-20-18(23)14-5-6-17-15(9-14)8-13(3)22(17)27(4,25)26/h5-7,9,13H,8,10H2,1-4H3,(H,20,23)(H,21,24)/t13-/m0/s1. The van der Waals surface area contributed by atoms with E-state index in [9.17, 15) is 18.0 Å². The number of fused-ring (bicyclic) bond motifs is 1. The van der Waals surface area contributed by atoms with Gasteiger partial charge in [-0.05, 0) is 62.6 Å². The third-order valence-electron chi connectivity index (χ3n) is 4.77. The number of aromatic amines is 1.